The fourth-order valence-electron chi connectivity index (χ4n) is 3.56. The van der Waals surface area contributed by atoms with Crippen molar-refractivity contribution in [3.8, 4) is 0 Å². The summed E-state index contributed by atoms with van der Waals surface area (Å²) in [4.78, 5) is 45.7. The molecule has 0 atom stereocenters. The molecule has 0 bridgehead atoms. The van der Waals surface area contributed by atoms with Crippen LogP contribution in [-0.4, -0.2) is 72.4 Å². The summed E-state index contributed by atoms with van der Waals surface area (Å²) < 4.78 is 5.08. The number of carbonyl (C=O) groups excluding carboxylic acids is 3. The second-order valence-electron chi connectivity index (χ2n) is 8.13. The third kappa shape index (κ3) is 7.25. The number of hydrogen-bond acceptors (Lipinski definition) is 6. The Kier molecular flexibility index (Phi) is 9.22. The quantitative estimate of drug-likeness (QED) is 0.579. The first-order chi connectivity index (χ1) is 15.9. The summed E-state index contributed by atoms with van der Waals surface area (Å²) in [6, 6.07) is 6.71. The summed E-state index contributed by atoms with van der Waals surface area (Å²) in [5.41, 5.74) is 0.951. The highest BCUT2D eigenvalue weighted by Gasteiger charge is 2.23. The van der Waals surface area contributed by atoms with E-state index in [1.807, 2.05) is 4.90 Å². The molecule has 1 aliphatic rings. The molecule has 8 nitrogen and oxygen atoms in total. The van der Waals surface area contributed by atoms with E-state index in [1.54, 1.807) is 29.6 Å². The van der Waals surface area contributed by atoms with Gasteiger partial charge < -0.3 is 19.9 Å². The minimum atomic E-state index is -0.385. The van der Waals surface area contributed by atoms with Crippen LogP contribution in [0.5, 0.6) is 0 Å². The maximum absolute atomic E-state index is 12.9. The molecule has 3 amide bonds. The topological polar surface area (TPSA) is 91.8 Å². The molecular formula is C23H29ClN4O4S. The van der Waals surface area contributed by atoms with E-state index in [1.165, 1.54) is 23.3 Å². The zero-order valence-corrected chi connectivity index (χ0v) is 20.5. The molecule has 1 aromatic heterocycles. The average molecular weight is 493 g/mol. The van der Waals surface area contributed by atoms with Crippen LogP contribution >= 0.6 is 22.9 Å². The summed E-state index contributed by atoms with van der Waals surface area (Å²) in [7, 11) is 1.53. The lowest BCUT2D eigenvalue weighted by atomic mass is 9.99. The summed E-state index contributed by atoms with van der Waals surface area (Å²) in [6.07, 6.45) is 2.26. The maximum Gasteiger partial charge on any atom is 0.255 e. The van der Waals surface area contributed by atoms with E-state index in [2.05, 4.69) is 17.2 Å². The molecule has 0 unspecified atom stereocenters. The second kappa shape index (κ2) is 12.1. The van der Waals surface area contributed by atoms with Gasteiger partial charge in [0.2, 0.25) is 11.8 Å². The molecule has 1 saturated heterocycles. The predicted molar refractivity (Wildman–Crippen MR) is 129 cm³/mol. The molecule has 1 fully saturated rings. The fraction of sp³-hybridized carbons (Fsp3) is 0.478. The van der Waals surface area contributed by atoms with Gasteiger partial charge >= 0.3 is 0 Å². The molecule has 0 aliphatic carbocycles. The van der Waals surface area contributed by atoms with Crippen molar-refractivity contribution in [2.75, 3.05) is 45.2 Å². The van der Waals surface area contributed by atoms with Crippen molar-refractivity contribution >= 4 is 45.8 Å². The number of thiazole rings is 1. The molecule has 0 radical (unpaired) electrons. The molecule has 178 valence electrons. The van der Waals surface area contributed by atoms with Crippen LogP contribution < -0.4 is 5.32 Å². The Hall–Kier alpha value is -2.49. The fourth-order valence-corrected chi connectivity index (χ4v) is 4.50. The zero-order chi connectivity index (χ0) is 23.8. The van der Waals surface area contributed by atoms with Gasteiger partial charge in [-0.25, -0.2) is 4.98 Å². The van der Waals surface area contributed by atoms with E-state index in [0.717, 1.165) is 25.9 Å². The lowest BCUT2D eigenvalue weighted by molar-refractivity contribution is -0.131. The van der Waals surface area contributed by atoms with E-state index >= 15 is 0 Å². The first-order valence-electron chi connectivity index (χ1n) is 10.9. The summed E-state index contributed by atoms with van der Waals surface area (Å²) in [5, 5.41) is 5.22. The van der Waals surface area contributed by atoms with Gasteiger partial charge in [0.15, 0.2) is 5.13 Å². The Labute approximate surface area is 202 Å². The van der Waals surface area contributed by atoms with Crippen LogP contribution in [0.15, 0.2) is 29.6 Å². The van der Waals surface area contributed by atoms with Gasteiger partial charge in [-0.05, 0) is 30.9 Å². The number of likely N-dealkylation sites (tertiary alicyclic amines) is 1. The van der Waals surface area contributed by atoms with Crippen molar-refractivity contribution < 1.29 is 19.1 Å². The largest absolute Gasteiger partial charge is 0.383 e. The summed E-state index contributed by atoms with van der Waals surface area (Å²) >= 11 is 7.41. The number of aromatic nitrogens is 1. The Morgan fingerprint density at radius 1 is 1.27 bits per heavy atom. The van der Waals surface area contributed by atoms with Crippen LogP contribution in [0, 0.1) is 5.92 Å². The Bertz CT molecular complexity index is 975. The summed E-state index contributed by atoms with van der Waals surface area (Å²) in [5.74, 6) is -0.0256. The average Bonchev–Trinajstić information content (AvgIpc) is 3.23. The van der Waals surface area contributed by atoms with E-state index in [0.29, 0.717) is 27.3 Å². The van der Waals surface area contributed by atoms with E-state index < -0.39 is 0 Å². The van der Waals surface area contributed by atoms with Crippen LogP contribution in [0.3, 0.4) is 0 Å². The number of nitrogens with zero attached hydrogens (tertiary/aromatic N) is 3. The van der Waals surface area contributed by atoms with Gasteiger partial charge in [-0.3, -0.25) is 14.4 Å². The number of piperidine rings is 1. The Morgan fingerprint density at radius 2 is 2.00 bits per heavy atom. The van der Waals surface area contributed by atoms with Gasteiger partial charge in [0, 0.05) is 32.1 Å². The zero-order valence-electron chi connectivity index (χ0n) is 18.9. The molecule has 0 spiro atoms. The van der Waals surface area contributed by atoms with Gasteiger partial charge in [-0.2, -0.15) is 0 Å². The van der Waals surface area contributed by atoms with Crippen molar-refractivity contribution in [2.24, 2.45) is 5.92 Å². The molecule has 1 N–H and O–H groups in total. The molecule has 33 heavy (non-hydrogen) atoms. The minimum absolute atomic E-state index is 0.0566. The smallest absolute Gasteiger partial charge is 0.255 e. The number of amides is 3. The molecule has 2 heterocycles. The first kappa shape index (κ1) is 25.1. The molecule has 10 heteroatoms. The van der Waals surface area contributed by atoms with E-state index in [9.17, 15) is 14.4 Å². The standard InChI is InChI=1S/C23H29ClN4O4S/c1-16-7-9-27(10-8-16)21(30)13-17-15-33-23(25-17)26-20(29)14-28(11-12-32-2)22(31)18-5-3-4-6-19(18)24/h3-6,15-16H,7-14H2,1-2H3,(H,25,26,29). The first-order valence-corrected chi connectivity index (χ1v) is 12.2. The molecule has 2 aromatic rings. The third-order valence-electron chi connectivity index (χ3n) is 5.56. The summed E-state index contributed by atoms with van der Waals surface area (Å²) in [6.45, 7) is 4.11. The highest BCUT2D eigenvalue weighted by Crippen LogP contribution is 2.20. The van der Waals surface area contributed by atoms with Gasteiger partial charge in [0.1, 0.15) is 6.54 Å². The number of carbonyl (C=O) groups is 3. The van der Waals surface area contributed by atoms with E-state index in [-0.39, 0.29) is 43.8 Å². The predicted octanol–water partition coefficient (Wildman–Crippen LogP) is 3.32. The van der Waals surface area contributed by atoms with Crippen LogP contribution in [0.1, 0.15) is 35.8 Å². The van der Waals surface area contributed by atoms with Crippen LogP contribution in [0.2, 0.25) is 5.02 Å². The second-order valence-corrected chi connectivity index (χ2v) is 9.40. The molecule has 1 aliphatic heterocycles. The van der Waals surface area contributed by atoms with Crippen molar-refractivity contribution in [1.29, 1.82) is 0 Å². The molecular weight excluding hydrogens is 464 g/mol. The monoisotopic (exact) mass is 492 g/mol. The highest BCUT2D eigenvalue weighted by atomic mass is 35.5. The van der Waals surface area contributed by atoms with Crippen LogP contribution in [0.4, 0.5) is 5.13 Å². The molecule has 3 rings (SSSR count). The van der Waals surface area contributed by atoms with Gasteiger partial charge in [-0.15, -0.1) is 11.3 Å². The number of hydrogen-bond donors (Lipinski definition) is 1. The number of anilines is 1. The number of benzene rings is 1. The molecule has 0 saturated carbocycles. The van der Waals surface area contributed by atoms with Crippen molar-refractivity contribution in [2.45, 2.75) is 26.2 Å². The highest BCUT2D eigenvalue weighted by molar-refractivity contribution is 7.13. The maximum atomic E-state index is 12.9. The van der Waals surface area contributed by atoms with Crippen molar-refractivity contribution in [3.63, 3.8) is 0 Å². The third-order valence-corrected chi connectivity index (χ3v) is 6.69. The molecule has 1 aromatic carbocycles. The SMILES string of the molecule is COCCN(CC(=O)Nc1nc(CC(=O)N2CCC(C)CC2)cs1)C(=O)c1ccccc1Cl. The van der Waals surface area contributed by atoms with Gasteiger partial charge in [0.25, 0.3) is 5.91 Å². The normalized spacial score (nSPS) is 14.2. The van der Waals surface area contributed by atoms with Gasteiger partial charge in [0.05, 0.1) is 29.3 Å². The minimum Gasteiger partial charge on any atom is -0.383 e. The van der Waals surface area contributed by atoms with E-state index in [4.69, 9.17) is 16.3 Å². The number of ether oxygens (including phenoxy) is 1. The Morgan fingerprint density at radius 3 is 2.70 bits per heavy atom. The van der Waals surface area contributed by atoms with Crippen molar-refractivity contribution in [1.82, 2.24) is 14.8 Å². The number of halogens is 1. The lowest BCUT2D eigenvalue weighted by Gasteiger charge is -2.30. The van der Waals surface area contributed by atoms with Crippen LogP contribution in [0.25, 0.3) is 0 Å². The van der Waals surface area contributed by atoms with Crippen LogP contribution in [-0.2, 0) is 20.7 Å². The lowest BCUT2D eigenvalue weighted by Crippen LogP contribution is -2.40. The number of rotatable bonds is 9. The number of methoxy groups -OCH3 is 1. The number of nitrogens with one attached hydrogen (secondary N) is 1. The van der Waals surface area contributed by atoms with Gasteiger partial charge in [-0.1, -0.05) is 30.7 Å². The van der Waals surface area contributed by atoms with Crippen molar-refractivity contribution in [3.05, 3.63) is 45.9 Å². The Balaban J connectivity index is 1.57.